The molecule has 1 aromatic carbocycles. The Labute approximate surface area is 185 Å². The van der Waals surface area contributed by atoms with Crippen LogP contribution in [0.2, 0.25) is 5.02 Å². The second-order valence-electron chi connectivity index (χ2n) is 6.98. The summed E-state index contributed by atoms with van der Waals surface area (Å²) in [5.41, 5.74) is 1.55. The number of rotatable bonds is 6. The van der Waals surface area contributed by atoms with Gasteiger partial charge >= 0.3 is 15.5 Å². The predicted octanol–water partition coefficient (Wildman–Crippen LogP) is 4.96. The number of anilines is 2. The highest BCUT2D eigenvalue weighted by atomic mass is 35.5. The Hall–Kier alpha value is -2.44. The van der Waals surface area contributed by atoms with Gasteiger partial charge in [-0.15, -0.1) is 11.3 Å². The fourth-order valence-electron chi connectivity index (χ4n) is 2.60. The third-order valence-corrected chi connectivity index (χ3v) is 6.20. The minimum Gasteiger partial charge on any atom is -0.384 e. The first-order valence-corrected chi connectivity index (χ1v) is 11.6. The number of nitrogen functional groups attached to an aromatic ring is 1. The molecular weight excluding hydrogens is 475 g/mol. The van der Waals surface area contributed by atoms with Crippen LogP contribution in [-0.4, -0.2) is 28.9 Å². The first-order chi connectivity index (χ1) is 14.4. The van der Waals surface area contributed by atoms with Gasteiger partial charge in [0.25, 0.3) is 0 Å². The van der Waals surface area contributed by atoms with Gasteiger partial charge in [0.1, 0.15) is 22.3 Å². The van der Waals surface area contributed by atoms with Crippen molar-refractivity contribution in [2.75, 3.05) is 10.5 Å². The van der Waals surface area contributed by atoms with E-state index in [0.717, 1.165) is 6.07 Å². The number of hydrogen-bond acceptors (Lipinski definition) is 7. The lowest BCUT2D eigenvalue weighted by atomic mass is 10.1. The smallest absolute Gasteiger partial charge is 0.384 e. The molecule has 3 rings (SSSR count). The Morgan fingerprint density at radius 2 is 1.87 bits per heavy atom. The van der Waals surface area contributed by atoms with Crippen LogP contribution in [0, 0.1) is 5.92 Å². The highest BCUT2D eigenvalue weighted by Gasteiger charge is 2.46. The van der Waals surface area contributed by atoms with Crippen LogP contribution in [0.3, 0.4) is 0 Å². The van der Waals surface area contributed by atoms with E-state index in [1.54, 1.807) is 11.4 Å². The third kappa shape index (κ3) is 5.43. The zero-order chi connectivity index (χ0) is 23.0. The van der Waals surface area contributed by atoms with Gasteiger partial charge in [-0.25, -0.2) is 15.0 Å². The molecule has 0 unspecified atom stereocenters. The number of aromatic nitrogens is 3. The van der Waals surface area contributed by atoms with Gasteiger partial charge in [-0.2, -0.15) is 21.6 Å². The number of hydrogen-bond donors (Lipinski definition) is 2. The Morgan fingerprint density at radius 3 is 2.48 bits per heavy atom. The van der Waals surface area contributed by atoms with Crippen LogP contribution in [0.15, 0.2) is 29.6 Å². The molecule has 0 spiro atoms. The first-order valence-electron chi connectivity index (χ1n) is 8.84. The Morgan fingerprint density at radius 1 is 1.16 bits per heavy atom. The van der Waals surface area contributed by atoms with Crippen molar-refractivity contribution in [3.05, 3.63) is 40.5 Å². The lowest BCUT2D eigenvalue weighted by Gasteiger charge is -2.11. The zero-order valence-corrected chi connectivity index (χ0v) is 18.6. The van der Waals surface area contributed by atoms with Gasteiger partial charge in [0, 0.05) is 23.4 Å². The maximum atomic E-state index is 12.5. The Balaban J connectivity index is 1.89. The molecule has 3 aromatic rings. The van der Waals surface area contributed by atoms with Crippen LogP contribution in [0.5, 0.6) is 0 Å². The van der Waals surface area contributed by atoms with Gasteiger partial charge in [0.2, 0.25) is 0 Å². The molecule has 0 fully saturated rings. The maximum absolute atomic E-state index is 12.5. The number of nitrogens with zero attached hydrogens (tertiary/aromatic N) is 3. The van der Waals surface area contributed by atoms with Gasteiger partial charge in [-0.1, -0.05) is 25.4 Å². The number of nitrogens with one attached hydrogen (secondary N) is 1. The van der Waals surface area contributed by atoms with Crippen LogP contribution in [0.1, 0.15) is 19.7 Å². The molecule has 2 aromatic heterocycles. The van der Waals surface area contributed by atoms with E-state index in [9.17, 15) is 21.6 Å². The van der Waals surface area contributed by atoms with Crippen molar-refractivity contribution in [3.8, 4) is 22.0 Å². The molecule has 7 nitrogen and oxygen atoms in total. The second-order valence-corrected chi connectivity index (χ2v) is 9.92. The van der Waals surface area contributed by atoms with Crippen molar-refractivity contribution in [1.82, 2.24) is 15.0 Å². The van der Waals surface area contributed by atoms with Crippen molar-refractivity contribution in [2.45, 2.75) is 25.8 Å². The van der Waals surface area contributed by atoms with E-state index < -0.39 is 15.5 Å². The normalized spacial score (nSPS) is 12.4. The summed E-state index contributed by atoms with van der Waals surface area (Å²) in [5.74, 6) is 1.26. The zero-order valence-electron chi connectivity index (χ0n) is 16.2. The third-order valence-electron chi connectivity index (χ3n) is 3.91. The van der Waals surface area contributed by atoms with Crippen molar-refractivity contribution < 1.29 is 21.6 Å². The number of sulfonamides is 1. The summed E-state index contributed by atoms with van der Waals surface area (Å²) >= 11 is 7.46. The summed E-state index contributed by atoms with van der Waals surface area (Å²) in [6.45, 7) is 4.07. The number of halogens is 4. The molecule has 0 atom stereocenters. The number of benzene rings is 1. The lowest BCUT2D eigenvalue weighted by Crippen LogP contribution is -2.29. The lowest BCUT2D eigenvalue weighted by molar-refractivity contribution is -0.0429. The molecule has 0 amide bonds. The SMILES string of the molecule is CC(C)Cc1nc(N)cc(-c2nc(-c3ccc(NS(=O)(=O)C(F)(F)F)cc3Cl)cs2)n1. The number of nitrogens with two attached hydrogens (primary N) is 1. The van der Waals surface area contributed by atoms with Crippen LogP contribution in [0.4, 0.5) is 24.7 Å². The quantitative estimate of drug-likeness (QED) is 0.504. The van der Waals surface area contributed by atoms with E-state index in [1.807, 2.05) is 13.8 Å². The molecule has 31 heavy (non-hydrogen) atoms. The summed E-state index contributed by atoms with van der Waals surface area (Å²) in [7, 11) is -5.54. The Bertz CT molecular complexity index is 1210. The largest absolute Gasteiger partial charge is 0.516 e. The van der Waals surface area contributed by atoms with Gasteiger partial charge in [0.15, 0.2) is 0 Å². The van der Waals surface area contributed by atoms with Crippen molar-refractivity contribution in [2.24, 2.45) is 5.92 Å². The summed E-state index contributed by atoms with van der Waals surface area (Å²) in [6, 6.07) is 5.24. The van der Waals surface area contributed by atoms with E-state index in [-0.39, 0.29) is 10.7 Å². The topological polar surface area (TPSA) is 111 Å². The molecule has 0 radical (unpaired) electrons. The molecule has 0 bridgehead atoms. The summed E-state index contributed by atoms with van der Waals surface area (Å²) < 4.78 is 61.6. The highest BCUT2D eigenvalue weighted by Crippen LogP contribution is 2.35. The summed E-state index contributed by atoms with van der Waals surface area (Å²) in [5, 5.41) is 2.30. The van der Waals surface area contributed by atoms with Crippen molar-refractivity contribution >= 4 is 44.5 Å². The van der Waals surface area contributed by atoms with Crippen LogP contribution in [-0.2, 0) is 16.4 Å². The molecule has 0 saturated carbocycles. The molecule has 13 heteroatoms. The van der Waals surface area contributed by atoms with Gasteiger partial charge in [0.05, 0.1) is 16.4 Å². The average Bonchev–Trinajstić information content (AvgIpc) is 3.09. The first kappa shape index (κ1) is 23.2. The number of alkyl halides is 3. The molecule has 0 saturated heterocycles. The highest BCUT2D eigenvalue weighted by molar-refractivity contribution is 7.93. The minimum absolute atomic E-state index is 0.0296. The fraction of sp³-hybridized carbons (Fsp3) is 0.278. The monoisotopic (exact) mass is 491 g/mol. The van der Waals surface area contributed by atoms with E-state index in [4.69, 9.17) is 17.3 Å². The average molecular weight is 492 g/mol. The van der Waals surface area contributed by atoms with Crippen LogP contribution < -0.4 is 10.5 Å². The molecule has 0 aliphatic heterocycles. The molecular formula is C18H17ClF3N5O2S2. The van der Waals surface area contributed by atoms with Crippen molar-refractivity contribution in [1.29, 1.82) is 0 Å². The summed E-state index contributed by atoms with van der Waals surface area (Å²) in [6.07, 6.45) is 0.650. The fourth-order valence-corrected chi connectivity index (χ4v) is 4.21. The molecule has 3 N–H and O–H groups in total. The molecule has 0 aliphatic rings. The predicted molar refractivity (Wildman–Crippen MR) is 115 cm³/mol. The van der Waals surface area contributed by atoms with Crippen LogP contribution >= 0.6 is 22.9 Å². The summed E-state index contributed by atoms with van der Waals surface area (Å²) in [4.78, 5) is 13.2. The van der Waals surface area contributed by atoms with Gasteiger partial charge in [-0.05, 0) is 24.1 Å². The minimum atomic E-state index is -5.54. The van der Waals surface area contributed by atoms with Gasteiger partial charge in [-0.3, -0.25) is 4.72 Å². The maximum Gasteiger partial charge on any atom is 0.516 e. The number of thiazole rings is 1. The van der Waals surface area contributed by atoms with E-state index >= 15 is 0 Å². The van der Waals surface area contributed by atoms with E-state index in [0.29, 0.717) is 45.9 Å². The Kier molecular flexibility index (Phi) is 6.44. The molecule has 2 heterocycles. The van der Waals surface area contributed by atoms with Crippen molar-refractivity contribution in [3.63, 3.8) is 0 Å². The molecule has 0 aliphatic carbocycles. The van der Waals surface area contributed by atoms with E-state index in [1.165, 1.54) is 28.2 Å². The van der Waals surface area contributed by atoms with Gasteiger partial charge < -0.3 is 5.73 Å². The molecule has 166 valence electrons. The standard InChI is InChI=1S/C18H17ClF3N5O2S2/c1-9(2)5-16-24-13(7-15(23)26-16)17-25-14(8-30-17)11-4-3-10(6-12(11)19)27-31(28,29)18(20,21)22/h3-4,6-9,27H,5H2,1-2H3,(H2,23,24,26). The van der Waals surface area contributed by atoms with Crippen LogP contribution in [0.25, 0.3) is 22.0 Å². The second kappa shape index (κ2) is 8.60. The van der Waals surface area contributed by atoms with E-state index in [2.05, 4.69) is 15.0 Å².